The SMILES string of the molecule is CC1=C(C(=O)c2ccccc2)C(NC(=O)C2CCCCC2)(C(F)(F)F)C(=O)N1Cc1ccccc1. The lowest BCUT2D eigenvalue weighted by atomic mass is 9.82. The molecule has 1 atom stereocenters. The largest absolute Gasteiger partial charge is 0.425 e. The highest BCUT2D eigenvalue weighted by molar-refractivity contribution is 6.19. The van der Waals surface area contributed by atoms with Crippen molar-refractivity contribution in [2.45, 2.75) is 57.3 Å². The molecule has 5 nitrogen and oxygen atoms in total. The summed E-state index contributed by atoms with van der Waals surface area (Å²) in [5.41, 5.74) is -3.71. The minimum absolute atomic E-state index is 0.0109. The molecule has 1 unspecified atom stereocenters. The van der Waals surface area contributed by atoms with Gasteiger partial charge in [-0.1, -0.05) is 79.9 Å². The first-order chi connectivity index (χ1) is 16.7. The lowest BCUT2D eigenvalue weighted by Gasteiger charge is -2.35. The molecule has 1 N–H and O–H groups in total. The number of nitrogens with zero attached hydrogens (tertiary/aromatic N) is 1. The molecule has 1 fully saturated rings. The fourth-order valence-electron chi connectivity index (χ4n) is 4.99. The zero-order valence-corrected chi connectivity index (χ0v) is 19.4. The normalized spacial score (nSPS) is 21.4. The van der Waals surface area contributed by atoms with E-state index in [1.54, 1.807) is 36.4 Å². The smallest absolute Gasteiger partial charge is 0.330 e. The van der Waals surface area contributed by atoms with Crippen LogP contribution < -0.4 is 5.32 Å². The highest BCUT2D eigenvalue weighted by Crippen LogP contribution is 2.46. The summed E-state index contributed by atoms with van der Waals surface area (Å²) in [6.07, 6.45) is -1.96. The zero-order chi connectivity index (χ0) is 25.2. The topological polar surface area (TPSA) is 66.5 Å². The number of amides is 2. The summed E-state index contributed by atoms with van der Waals surface area (Å²) >= 11 is 0. The van der Waals surface area contributed by atoms with E-state index in [1.807, 2.05) is 0 Å². The Morgan fingerprint density at radius 2 is 1.54 bits per heavy atom. The predicted octanol–water partition coefficient (Wildman–Crippen LogP) is 5.18. The van der Waals surface area contributed by atoms with E-state index in [0.717, 1.165) is 24.2 Å². The second kappa shape index (κ2) is 9.68. The Kier molecular flexibility index (Phi) is 6.83. The molecule has 1 heterocycles. The van der Waals surface area contributed by atoms with E-state index < -0.39 is 40.8 Å². The number of Topliss-reactive ketones (excluding diaryl/α,β-unsaturated/α-hetero) is 1. The van der Waals surface area contributed by atoms with Gasteiger partial charge in [0.1, 0.15) is 0 Å². The van der Waals surface area contributed by atoms with Crippen LogP contribution in [0.15, 0.2) is 71.9 Å². The number of ketones is 1. The molecule has 184 valence electrons. The van der Waals surface area contributed by atoms with Gasteiger partial charge in [-0.2, -0.15) is 13.2 Å². The molecule has 0 bridgehead atoms. The fraction of sp³-hybridized carbons (Fsp3) is 0.370. The number of benzene rings is 2. The minimum Gasteiger partial charge on any atom is -0.330 e. The summed E-state index contributed by atoms with van der Waals surface area (Å²) in [6.45, 7) is 1.17. The van der Waals surface area contributed by atoms with Crippen LogP contribution in [0.25, 0.3) is 0 Å². The summed E-state index contributed by atoms with van der Waals surface area (Å²) < 4.78 is 44.9. The third-order valence-corrected chi connectivity index (χ3v) is 6.87. The van der Waals surface area contributed by atoms with Crippen molar-refractivity contribution in [3.05, 3.63) is 83.1 Å². The van der Waals surface area contributed by atoms with E-state index in [0.29, 0.717) is 18.4 Å². The van der Waals surface area contributed by atoms with Crippen LogP contribution in [0.5, 0.6) is 0 Å². The molecule has 8 heteroatoms. The number of rotatable bonds is 6. The molecule has 0 spiro atoms. The van der Waals surface area contributed by atoms with Crippen LogP contribution >= 0.6 is 0 Å². The highest BCUT2D eigenvalue weighted by atomic mass is 19.4. The number of hydrogen-bond donors (Lipinski definition) is 1. The molecule has 1 aliphatic carbocycles. The Bertz CT molecular complexity index is 1140. The molecular weight excluding hydrogens is 457 g/mol. The maximum atomic E-state index is 15.0. The van der Waals surface area contributed by atoms with Gasteiger partial charge in [-0.15, -0.1) is 0 Å². The van der Waals surface area contributed by atoms with Crippen LogP contribution in [-0.4, -0.2) is 34.2 Å². The second-order valence-electron chi connectivity index (χ2n) is 9.10. The number of allylic oxidation sites excluding steroid dienone is 1. The van der Waals surface area contributed by atoms with Gasteiger partial charge >= 0.3 is 6.18 Å². The molecule has 2 amide bonds. The van der Waals surface area contributed by atoms with Gasteiger partial charge < -0.3 is 10.2 Å². The Balaban J connectivity index is 1.84. The number of halogens is 3. The Labute approximate surface area is 202 Å². The molecule has 2 aliphatic rings. The first kappa shape index (κ1) is 24.7. The van der Waals surface area contributed by atoms with Crippen molar-refractivity contribution >= 4 is 17.6 Å². The van der Waals surface area contributed by atoms with Crippen molar-refractivity contribution < 1.29 is 27.6 Å². The van der Waals surface area contributed by atoms with Gasteiger partial charge in [-0.3, -0.25) is 14.4 Å². The van der Waals surface area contributed by atoms with Crippen molar-refractivity contribution in [3.8, 4) is 0 Å². The standard InChI is InChI=1S/C27H27F3N2O3/c1-18-22(23(33)20-13-7-3-8-14-20)26(27(28,29)30,31-24(34)21-15-9-4-10-16-21)25(35)32(18)17-19-11-5-2-6-12-19/h2-3,5-8,11-14,21H,4,9-10,15-17H2,1H3,(H,31,34). The van der Waals surface area contributed by atoms with Crippen molar-refractivity contribution in [2.75, 3.05) is 0 Å². The molecule has 4 rings (SSSR count). The van der Waals surface area contributed by atoms with Crippen molar-refractivity contribution in [2.24, 2.45) is 5.92 Å². The summed E-state index contributed by atoms with van der Waals surface area (Å²) in [4.78, 5) is 41.3. The summed E-state index contributed by atoms with van der Waals surface area (Å²) in [5.74, 6) is -3.78. The molecule has 2 aromatic carbocycles. The van der Waals surface area contributed by atoms with Gasteiger partial charge in [0.15, 0.2) is 5.78 Å². The lowest BCUT2D eigenvalue weighted by Crippen LogP contribution is -2.66. The van der Waals surface area contributed by atoms with E-state index in [4.69, 9.17) is 0 Å². The molecule has 0 aromatic heterocycles. The van der Waals surface area contributed by atoms with Gasteiger partial charge in [0.25, 0.3) is 5.91 Å². The fourth-order valence-corrected chi connectivity index (χ4v) is 4.99. The van der Waals surface area contributed by atoms with Crippen LogP contribution in [0.3, 0.4) is 0 Å². The second-order valence-corrected chi connectivity index (χ2v) is 9.10. The summed E-state index contributed by atoms with van der Waals surface area (Å²) in [5, 5.41) is 2.06. The van der Waals surface area contributed by atoms with Crippen LogP contribution in [0.1, 0.15) is 54.9 Å². The Hall–Kier alpha value is -3.42. The van der Waals surface area contributed by atoms with Crippen LogP contribution in [-0.2, 0) is 16.1 Å². The van der Waals surface area contributed by atoms with Crippen LogP contribution in [0.4, 0.5) is 13.2 Å². The van der Waals surface area contributed by atoms with Gasteiger partial charge in [0.05, 0.1) is 12.1 Å². The van der Waals surface area contributed by atoms with E-state index in [-0.39, 0.29) is 17.8 Å². The monoisotopic (exact) mass is 484 g/mol. The van der Waals surface area contributed by atoms with Gasteiger partial charge in [0, 0.05) is 17.2 Å². The van der Waals surface area contributed by atoms with E-state index >= 15 is 0 Å². The number of alkyl halides is 3. The molecule has 0 saturated heterocycles. The average Bonchev–Trinajstić information content (AvgIpc) is 3.07. The molecule has 35 heavy (non-hydrogen) atoms. The number of nitrogens with one attached hydrogen (secondary N) is 1. The first-order valence-corrected chi connectivity index (χ1v) is 11.7. The summed E-state index contributed by atoms with van der Waals surface area (Å²) in [7, 11) is 0. The summed E-state index contributed by atoms with van der Waals surface area (Å²) in [6, 6.07) is 16.1. The predicted molar refractivity (Wildman–Crippen MR) is 124 cm³/mol. The van der Waals surface area contributed by atoms with Gasteiger partial charge in [-0.25, -0.2) is 0 Å². The van der Waals surface area contributed by atoms with E-state index in [2.05, 4.69) is 5.32 Å². The number of carbonyl (C=O) groups excluding carboxylic acids is 3. The molecule has 0 radical (unpaired) electrons. The van der Waals surface area contributed by atoms with Gasteiger partial charge in [0.2, 0.25) is 11.4 Å². The number of carbonyl (C=O) groups is 3. The quantitative estimate of drug-likeness (QED) is 0.575. The molecule has 2 aromatic rings. The zero-order valence-electron chi connectivity index (χ0n) is 19.4. The molecule has 1 saturated carbocycles. The third kappa shape index (κ3) is 4.49. The van der Waals surface area contributed by atoms with Gasteiger partial charge in [-0.05, 0) is 25.3 Å². The van der Waals surface area contributed by atoms with Crippen molar-refractivity contribution in [1.29, 1.82) is 0 Å². The maximum Gasteiger partial charge on any atom is 0.425 e. The van der Waals surface area contributed by atoms with E-state index in [1.165, 1.54) is 31.2 Å². The average molecular weight is 485 g/mol. The number of hydrogen-bond acceptors (Lipinski definition) is 3. The van der Waals surface area contributed by atoms with E-state index in [9.17, 15) is 27.6 Å². The minimum atomic E-state index is -5.24. The first-order valence-electron chi connectivity index (χ1n) is 11.7. The highest BCUT2D eigenvalue weighted by Gasteiger charge is 2.70. The molecular formula is C27H27F3N2O3. The van der Waals surface area contributed by atoms with Crippen LogP contribution in [0, 0.1) is 5.92 Å². The maximum absolute atomic E-state index is 15.0. The lowest BCUT2D eigenvalue weighted by molar-refractivity contribution is -0.194. The van der Waals surface area contributed by atoms with Crippen molar-refractivity contribution in [3.63, 3.8) is 0 Å². The Morgan fingerprint density at radius 3 is 2.11 bits per heavy atom. The van der Waals surface area contributed by atoms with Crippen LogP contribution in [0.2, 0.25) is 0 Å². The van der Waals surface area contributed by atoms with Crippen molar-refractivity contribution in [1.82, 2.24) is 10.2 Å². The molecule has 1 aliphatic heterocycles. The third-order valence-electron chi connectivity index (χ3n) is 6.87. The Morgan fingerprint density at radius 1 is 0.971 bits per heavy atom.